The fraction of sp³-hybridized carbons (Fsp3) is 0.280. The first kappa shape index (κ1) is 19.0. The lowest BCUT2D eigenvalue weighted by Crippen LogP contribution is -2.17. The van der Waals surface area contributed by atoms with Crippen LogP contribution in [0.25, 0.3) is 22.3 Å². The van der Waals surface area contributed by atoms with Gasteiger partial charge in [0.1, 0.15) is 0 Å². The van der Waals surface area contributed by atoms with Crippen molar-refractivity contribution in [3.05, 3.63) is 78.7 Å². The molecule has 4 rings (SSSR count). The van der Waals surface area contributed by atoms with E-state index < -0.39 is 0 Å². The second-order valence-corrected chi connectivity index (χ2v) is 10.1. The van der Waals surface area contributed by atoms with Gasteiger partial charge in [0.25, 0.3) is 0 Å². The summed E-state index contributed by atoms with van der Waals surface area (Å²) in [5.74, 6) is 0. The van der Waals surface area contributed by atoms with Gasteiger partial charge in [0.15, 0.2) is 0 Å². The van der Waals surface area contributed by atoms with Gasteiger partial charge in [-0.1, -0.05) is 57.8 Å². The van der Waals surface area contributed by atoms with Crippen LogP contribution in [0.3, 0.4) is 0 Å². The predicted octanol–water partition coefficient (Wildman–Crippen LogP) is 8.42. The monoisotopic (exact) mass is 482 g/mol. The molecule has 0 atom stereocenters. The fourth-order valence-electron chi connectivity index (χ4n) is 4.97. The van der Waals surface area contributed by atoms with Crippen LogP contribution in [-0.4, -0.2) is 0 Å². The Bertz CT molecular complexity index is 1100. The van der Waals surface area contributed by atoms with Crippen molar-refractivity contribution in [2.45, 2.75) is 47.0 Å². The molecule has 0 unspecified atom stereocenters. The minimum absolute atomic E-state index is 0.00495. The van der Waals surface area contributed by atoms with E-state index in [4.69, 9.17) is 0 Å². The van der Waals surface area contributed by atoms with E-state index in [2.05, 4.69) is 110 Å². The lowest BCUT2D eigenvalue weighted by Gasteiger charge is -2.27. The molecule has 27 heavy (non-hydrogen) atoms. The number of fused-ring (bicyclic) bond motifs is 3. The smallest absolute Gasteiger partial charge is 0.0178 e. The Balaban J connectivity index is 2.11. The highest BCUT2D eigenvalue weighted by Gasteiger charge is 2.39. The van der Waals surface area contributed by atoms with Gasteiger partial charge in [-0.05, 0) is 108 Å². The molecule has 0 aromatic heterocycles. The van der Waals surface area contributed by atoms with Crippen molar-refractivity contribution in [2.75, 3.05) is 0 Å². The Kier molecular flexibility index (Phi) is 4.44. The molecule has 0 bridgehead atoms. The molecule has 138 valence electrons. The maximum atomic E-state index is 3.68. The minimum Gasteiger partial charge on any atom is -0.0530 e. The number of hydrogen-bond donors (Lipinski definition) is 0. The number of halogens is 2. The maximum absolute atomic E-state index is 3.68. The molecule has 0 fully saturated rings. The van der Waals surface area contributed by atoms with E-state index in [9.17, 15) is 0 Å². The van der Waals surface area contributed by atoms with E-state index in [0.717, 1.165) is 8.95 Å². The summed E-state index contributed by atoms with van der Waals surface area (Å²) < 4.78 is 2.28. The van der Waals surface area contributed by atoms with Gasteiger partial charge in [-0.2, -0.15) is 0 Å². The summed E-state index contributed by atoms with van der Waals surface area (Å²) in [6.45, 7) is 13.8. The Morgan fingerprint density at radius 1 is 0.667 bits per heavy atom. The quantitative estimate of drug-likeness (QED) is 0.325. The van der Waals surface area contributed by atoms with Crippen LogP contribution in [0.1, 0.15) is 47.2 Å². The van der Waals surface area contributed by atoms with Crippen LogP contribution in [0.4, 0.5) is 0 Å². The molecule has 0 radical (unpaired) electrons. The summed E-state index contributed by atoms with van der Waals surface area (Å²) in [5.41, 5.74) is 14.0. The van der Waals surface area contributed by atoms with Gasteiger partial charge >= 0.3 is 0 Å². The van der Waals surface area contributed by atoms with Gasteiger partial charge in [-0.3, -0.25) is 0 Å². The molecule has 3 aromatic carbocycles. The van der Waals surface area contributed by atoms with Crippen molar-refractivity contribution >= 4 is 31.9 Å². The predicted molar refractivity (Wildman–Crippen MR) is 124 cm³/mol. The Labute approximate surface area is 179 Å². The van der Waals surface area contributed by atoms with Gasteiger partial charge in [-0.15, -0.1) is 0 Å². The average molecular weight is 484 g/mol. The summed E-state index contributed by atoms with van der Waals surface area (Å²) in [6.07, 6.45) is 0. The second kappa shape index (κ2) is 6.32. The van der Waals surface area contributed by atoms with E-state index in [1.807, 2.05) is 0 Å². The molecule has 0 saturated carbocycles. The van der Waals surface area contributed by atoms with E-state index in [0.29, 0.717) is 0 Å². The van der Waals surface area contributed by atoms with Crippen LogP contribution in [-0.2, 0) is 5.41 Å². The molecule has 0 aliphatic heterocycles. The zero-order chi connectivity index (χ0) is 19.7. The molecule has 0 N–H and O–H groups in total. The zero-order valence-corrected chi connectivity index (χ0v) is 19.9. The van der Waals surface area contributed by atoms with Crippen molar-refractivity contribution in [1.29, 1.82) is 0 Å². The second-order valence-electron chi connectivity index (χ2n) is 8.27. The Hall–Kier alpha value is -1.38. The topological polar surface area (TPSA) is 0 Å². The highest BCUT2D eigenvalue weighted by Crippen LogP contribution is 2.54. The van der Waals surface area contributed by atoms with Crippen molar-refractivity contribution in [2.24, 2.45) is 0 Å². The van der Waals surface area contributed by atoms with Crippen LogP contribution in [0.15, 0.2) is 45.3 Å². The largest absolute Gasteiger partial charge is 0.0530 e. The molecule has 0 nitrogen and oxygen atoms in total. The SMILES string of the molecule is Cc1cc(Br)ccc1-c1c(C)c(C)c2c(c1C)C(C)(C)c1cc(Br)ccc1-2. The minimum atomic E-state index is -0.00495. The normalized spacial score (nSPS) is 14.2. The van der Waals surface area contributed by atoms with Crippen LogP contribution < -0.4 is 0 Å². The van der Waals surface area contributed by atoms with E-state index >= 15 is 0 Å². The first-order valence-electron chi connectivity index (χ1n) is 9.35. The average Bonchev–Trinajstić information content (AvgIpc) is 2.82. The van der Waals surface area contributed by atoms with E-state index in [1.165, 1.54) is 55.6 Å². The van der Waals surface area contributed by atoms with Crippen LogP contribution >= 0.6 is 31.9 Å². The number of hydrogen-bond acceptors (Lipinski definition) is 0. The number of benzene rings is 3. The summed E-state index contributed by atoms with van der Waals surface area (Å²) in [5, 5.41) is 0. The van der Waals surface area contributed by atoms with Crippen LogP contribution in [0.5, 0.6) is 0 Å². The fourth-order valence-corrected chi connectivity index (χ4v) is 5.81. The van der Waals surface area contributed by atoms with E-state index in [-0.39, 0.29) is 5.41 Å². The van der Waals surface area contributed by atoms with Crippen molar-refractivity contribution in [3.8, 4) is 22.3 Å². The Morgan fingerprint density at radius 2 is 1.22 bits per heavy atom. The summed E-state index contributed by atoms with van der Waals surface area (Å²) in [4.78, 5) is 0. The standard InChI is InChI=1S/C25H24Br2/c1-13-11-17(26)7-9-19(13)22-14(2)15(3)23-20-10-8-18(27)12-21(20)25(5,6)24(23)16(22)4/h7-12H,1-6H3. The number of rotatable bonds is 1. The van der Waals surface area contributed by atoms with Crippen molar-refractivity contribution in [1.82, 2.24) is 0 Å². The third kappa shape index (κ3) is 2.68. The van der Waals surface area contributed by atoms with Crippen LogP contribution in [0, 0.1) is 27.7 Å². The van der Waals surface area contributed by atoms with Gasteiger partial charge in [-0.25, -0.2) is 0 Å². The first-order chi connectivity index (χ1) is 12.6. The van der Waals surface area contributed by atoms with Crippen LogP contribution in [0.2, 0.25) is 0 Å². The summed E-state index contributed by atoms with van der Waals surface area (Å²) in [7, 11) is 0. The van der Waals surface area contributed by atoms with Crippen molar-refractivity contribution in [3.63, 3.8) is 0 Å². The Morgan fingerprint density at radius 3 is 1.85 bits per heavy atom. The van der Waals surface area contributed by atoms with Gasteiger partial charge < -0.3 is 0 Å². The third-order valence-electron chi connectivity index (χ3n) is 6.32. The van der Waals surface area contributed by atoms with Gasteiger partial charge in [0, 0.05) is 14.4 Å². The first-order valence-corrected chi connectivity index (χ1v) is 10.9. The lowest BCUT2D eigenvalue weighted by atomic mass is 9.76. The molecule has 1 aliphatic rings. The molecule has 0 spiro atoms. The number of aryl methyl sites for hydroxylation is 1. The molecule has 0 amide bonds. The highest BCUT2D eigenvalue weighted by atomic mass is 79.9. The summed E-state index contributed by atoms with van der Waals surface area (Å²) in [6, 6.07) is 13.4. The van der Waals surface area contributed by atoms with Gasteiger partial charge in [0.05, 0.1) is 0 Å². The molecular weight excluding hydrogens is 460 g/mol. The third-order valence-corrected chi connectivity index (χ3v) is 7.31. The van der Waals surface area contributed by atoms with Gasteiger partial charge in [0.2, 0.25) is 0 Å². The molecule has 0 saturated heterocycles. The molecule has 1 aliphatic carbocycles. The zero-order valence-electron chi connectivity index (χ0n) is 16.7. The van der Waals surface area contributed by atoms with Crippen molar-refractivity contribution < 1.29 is 0 Å². The van der Waals surface area contributed by atoms with E-state index in [1.54, 1.807) is 0 Å². The molecule has 0 heterocycles. The molecule has 2 heteroatoms. The molecular formula is C25H24Br2. The highest BCUT2D eigenvalue weighted by molar-refractivity contribution is 9.10. The lowest BCUT2D eigenvalue weighted by molar-refractivity contribution is 0.655. The molecule has 3 aromatic rings. The maximum Gasteiger partial charge on any atom is 0.0178 e. The summed E-state index contributed by atoms with van der Waals surface area (Å²) >= 11 is 7.29.